The van der Waals surface area contributed by atoms with Gasteiger partial charge in [-0.25, -0.2) is 0 Å². The van der Waals surface area contributed by atoms with Crippen LogP contribution in [-0.4, -0.2) is 47.8 Å². The highest BCUT2D eigenvalue weighted by atomic mass is 19.4. The average Bonchev–Trinajstić information content (AvgIpc) is 3.15. The third-order valence-electron chi connectivity index (χ3n) is 5.87. The molecular formula is C29H26F6N2O2. The number of benzene rings is 2. The van der Waals surface area contributed by atoms with Gasteiger partial charge in [0.15, 0.2) is 0 Å². The molecular weight excluding hydrogens is 522 g/mol. The van der Waals surface area contributed by atoms with E-state index in [1.165, 1.54) is 48.6 Å². The van der Waals surface area contributed by atoms with Crippen LogP contribution in [0.2, 0.25) is 0 Å². The average molecular weight is 549 g/mol. The number of hydrogen-bond acceptors (Lipinski definition) is 2. The molecule has 39 heavy (non-hydrogen) atoms. The molecule has 10 heteroatoms. The van der Waals surface area contributed by atoms with Gasteiger partial charge in [0.25, 0.3) is 0 Å². The van der Waals surface area contributed by atoms with Gasteiger partial charge in [-0.05, 0) is 41.8 Å². The number of halogens is 6. The fourth-order valence-electron chi connectivity index (χ4n) is 3.74. The maximum atomic E-state index is 12.6. The van der Waals surface area contributed by atoms with E-state index in [9.17, 15) is 35.9 Å². The Morgan fingerprint density at radius 3 is 1.26 bits per heavy atom. The van der Waals surface area contributed by atoms with Crippen LogP contribution < -0.4 is 0 Å². The van der Waals surface area contributed by atoms with E-state index in [4.69, 9.17) is 0 Å². The maximum Gasteiger partial charge on any atom is 0.416 e. The van der Waals surface area contributed by atoms with E-state index in [1.807, 2.05) is 0 Å². The van der Waals surface area contributed by atoms with E-state index in [0.717, 1.165) is 24.3 Å². The van der Waals surface area contributed by atoms with Crippen LogP contribution in [0.15, 0.2) is 85.0 Å². The molecule has 0 radical (unpaired) electrons. The first-order valence-corrected chi connectivity index (χ1v) is 12.1. The summed E-state index contributed by atoms with van der Waals surface area (Å²) < 4.78 is 75.8. The van der Waals surface area contributed by atoms with E-state index < -0.39 is 23.5 Å². The van der Waals surface area contributed by atoms with Crippen LogP contribution in [-0.2, 0) is 21.9 Å². The van der Waals surface area contributed by atoms with Crippen molar-refractivity contribution < 1.29 is 35.9 Å². The van der Waals surface area contributed by atoms with Gasteiger partial charge in [-0.1, -0.05) is 60.7 Å². The topological polar surface area (TPSA) is 40.6 Å². The Hall–Kier alpha value is -4.08. The van der Waals surface area contributed by atoms with Crippen LogP contribution in [0.4, 0.5) is 26.3 Å². The summed E-state index contributed by atoms with van der Waals surface area (Å²) in [5.74, 6) is -0.479. The molecule has 1 heterocycles. The Balaban J connectivity index is 1.45. The second-order valence-electron chi connectivity index (χ2n) is 8.68. The first-order chi connectivity index (χ1) is 18.4. The summed E-state index contributed by atoms with van der Waals surface area (Å²) in [4.78, 5) is 28.2. The lowest BCUT2D eigenvalue weighted by Crippen LogP contribution is -2.36. The monoisotopic (exact) mass is 548 g/mol. The van der Waals surface area contributed by atoms with Gasteiger partial charge in [0, 0.05) is 38.3 Å². The number of amides is 2. The molecule has 0 aliphatic carbocycles. The van der Waals surface area contributed by atoms with E-state index in [0.29, 0.717) is 43.7 Å². The minimum atomic E-state index is -4.40. The molecule has 4 nitrogen and oxygen atoms in total. The molecule has 0 bridgehead atoms. The molecule has 0 atom stereocenters. The molecule has 0 N–H and O–H groups in total. The molecule has 1 aliphatic heterocycles. The summed E-state index contributed by atoms with van der Waals surface area (Å²) in [6, 6.07) is 9.33. The van der Waals surface area contributed by atoms with Crippen LogP contribution >= 0.6 is 0 Å². The smallest absolute Gasteiger partial charge is 0.337 e. The summed E-state index contributed by atoms with van der Waals surface area (Å²) in [6.45, 7) is 1.61. The number of rotatable bonds is 6. The number of alkyl halides is 6. The molecule has 2 aromatic carbocycles. The molecule has 2 amide bonds. The Kier molecular flexibility index (Phi) is 9.92. The second kappa shape index (κ2) is 13.1. The maximum absolute atomic E-state index is 12.6. The molecule has 1 fully saturated rings. The molecule has 3 rings (SSSR count). The highest BCUT2D eigenvalue weighted by Gasteiger charge is 2.30. The van der Waals surface area contributed by atoms with Crippen molar-refractivity contribution in [2.75, 3.05) is 26.2 Å². The third kappa shape index (κ3) is 9.31. The predicted molar refractivity (Wildman–Crippen MR) is 137 cm³/mol. The highest BCUT2D eigenvalue weighted by molar-refractivity contribution is 5.89. The lowest BCUT2D eigenvalue weighted by atomic mass is 10.1. The van der Waals surface area contributed by atoms with Crippen molar-refractivity contribution >= 4 is 24.0 Å². The molecule has 0 spiro atoms. The van der Waals surface area contributed by atoms with E-state index in [-0.39, 0.29) is 11.8 Å². The molecule has 0 aromatic heterocycles. The van der Waals surface area contributed by atoms with Crippen LogP contribution in [0.25, 0.3) is 12.2 Å². The van der Waals surface area contributed by atoms with Gasteiger partial charge < -0.3 is 9.80 Å². The standard InChI is InChI=1S/C29H26F6N2O2/c30-28(31,32)24-14-10-22(11-15-24)6-1-3-8-26(38)36-18-5-19-37(21-20-36)27(39)9-4-2-7-23-12-16-25(17-13-23)29(33,34)35/h1-4,6-17H,5,18-21H2/b6-1+,7-2+,8-3+,9-4+. The van der Waals surface area contributed by atoms with Crippen molar-refractivity contribution in [1.82, 2.24) is 9.80 Å². The van der Waals surface area contributed by atoms with Crippen molar-refractivity contribution in [3.63, 3.8) is 0 Å². The molecule has 1 aliphatic rings. The van der Waals surface area contributed by atoms with Gasteiger partial charge in [-0.15, -0.1) is 0 Å². The van der Waals surface area contributed by atoms with Crippen LogP contribution in [0.3, 0.4) is 0 Å². The Bertz CT molecular complexity index is 1140. The Morgan fingerprint density at radius 2 is 0.923 bits per heavy atom. The highest BCUT2D eigenvalue weighted by Crippen LogP contribution is 2.30. The fraction of sp³-hybridized carbons (Fsp3) is 0.241. The molecule has 1 saturated heterocycles. The van der Waals surface area contributed by atoms with Crippen molar-refractivity contribution in [2.24, 2.45) is 0 Å². The molecule has 0 unspecified atom stereocenters. The number of nitrogens with zero attached hydrogens (tertiary/aromatic N) is 2. The van der Waals surface area contributed by atoms with Crippen molar-refractivity contribution in [2.45, 2.75) is 18.8 Å². The lowest BCUT2D eigenvalue weighted by Gasteiger charge is -2.20. The normalized spacial score (nSPS) is 15.6. The lowest BCUT2D eigenvalue weighted by molar-refractivity contribution is -0.138. The first-order valence-electron chi connectivity index (χ1n) is 12.1. The van der Waals surface area contributed by atoms with Crippen LogP contribution in [0.1, 0.15) is 28.7 Å². The van der Waals surface area contributed by atoms with Crippen molar-refractivity contribution in [3.8, 4) is 0 Å². The largest absolute Gasteiger partial charge is 0.416 e. The zero-order valence-electron chi connectivity index (χ0n) is 20.8. The number of carbonyl (C=O) groups excluding carboxylic acids is 2. The Labute approximate surface area is 222 Å². The summed E-state index contributed by atoms with van der Waals surface area (Å²) in [5.41, 5.74) is -0.342. The molecule has 2 aromatic rings. The third-order valence-corrected chi connectivity index (χ3v) is 5.87. The Morgan fingerprint density at radius 1 is 0.564 bits per heavy atom. The van der Waals surface area contributed by atoms with Crippen LogP contribution in [0.5, 0.6) is 0 Å². The fourth-order valence-corrected chi connectivity index (χ4v) is 3.74. The summed E-state index contributed by atoms with van der Waals surface area (Å²) >= 11 is 0. The van der Waals surface area contributed by atoms with Gasteiger partial charge in [-0.2, -0.15) is 26.3 Å². The van der Waals surface area contributed by atoms with Crippen molar-refractivity contribution in [1.29, 1.82) is 0 Å². The molecule has 0 saturated carbocycles. The number of hydrogen-bond donors (Lipinski definition) is 0. The first kappa shape index (κ1) is 29.5. The number of carbonyl (C=O) groups is 2. The van der Waals surface area contributed by atoms with E-state index in [1.54, 1.807) is 34.1 Å². The van der Waals surface area contributed by atoms with E-state index >= 15 is 0 Å². The summed E-state index contributed by atoms with van der Waals surface area (Å²) in [7, 11) is 0. The number of allylic oxidation sites excluding steroid dienone is 4. The minimum absolute atomic E-state index is 0.239. The summed E-state index contributed by atoms with van der Waals surface area (Å²) in [5, 5.41) is 0. The van der Waals surface area contributed by atoms with Gasteiger partial charge >= 0.3 is 12.4 Å². The van der Waals surface area contributed by atoms with Gasteiger partial charge in [0.05, 0.1) is 11.1 Å². The van der Waals surface area contributed by atoms with Gasteiger partial charge in [0.2, 0.25) is 11.8 Å². The zero-order chi connectivity index (χ0) is 28.5. The van der Waals surface area contributed by atoms with Crippen molar-refractivity contribution in [3.05, 3.63) is 107 Å². The molecule has 206 valence electrons. The second-order valence-corrected chi connectivity index (χ2v) is 8.68. The van der Waals surface area contributed by atoms with Crippen LogP contribution in [0, 0.1) is 0 Å². The quantitative estimate of drug-likeness (QED) is 0.231. The summed E-state index contributed by atoms with van der Waals surface area (Å²) in [6.07, 6.45) is 3.86. The zero-order valence-corrected chi connectivity index (χ0v) is 20.8. The van der Waals surface area contributed by atoms with E-state index in [2.05, 4.69) is 0 Å². The predicted octanol–water partition coefficient (Wildman–Crippen LogP) is 6.62. The SMILES string of the molecule is O=C(/C=C/C=C/c1ccc(C(F)(F)F)cc1)N1CCCN(C(=O)/C=C/C=C/c2ccc(C(F)(F)F)cc2)CC1. The minimum Gasteiger partial charge on any atom is -0.337 e. The van der Waals surface area contributed by atoms with Gasteiger partial charge in [-0.3, -0.25) is 9.59 Å². The van der Waals surface area contributed by atoms with Gasteiger partial charge in [0.1, 0.15) is 0 Å².